The summed E-state index contributed by atoms with van der Waals surface area (Å²) < 4.78 is 0. The van der Waals surface area contributed by atoms with Gasteiger partial charge in [-0.05, 0) is 57.5 Å². The van der Waals surface area contributed by atoms with E-state index in [1.54, 1.807) is 0 Å². The Balaban J connectivity index is 1.62. The van der Waals surface area contributed by atoms with E-state index in [0.717, 1.165) is 31.8 Å². The molecule has 0 aromatic carbocycles. The van der Waals surface area contributed by atoms with Crippen molar-refractivity contribution in [2.24, 2.45) is 5.92 Å². The average molecular weight is 287 g/mol. The van der Waals surface area contributed by atoms with Gasteiger partial charge >= 0.3 is 0 Å². The maximum atomic E-state index is 12.0. The van der Waals surface area contributed by atoms with Crippen LogP contribution in [0.4, 0.5) is 0 Å². The van der Waals surface area contributed by atoms with Crippen LogP contribution >= 0.6 is 11.6 Å². The molecule has 110 valence electrons. The van der Waals surface area contributed by atoms with Crippen molar-refractivity contribution in [2.45, 2.75) is 44.9 Å². The normalized spacial score (nSPS) is 22.1. The first-order valence-electron chi connectivity index (χ1n) is 7.85. The van der Waals surface area contributed by atoms with E-state index in [1.807, 2.05) is 0 Å². The van der Waals surface area contributed by atoms with Crippen LogP contribution in [0.1, 0.15) is 44.9 Å². The molecule has 2 saturated heterocycles. The fourth-order valence-electron chi connectivity index (χ4n) is 3.22. The van der Waals surface area contributed by atoms with Crippen LogP contribution in [0.2, 0.25) is 0 Å². The lowest BCUT2D eigenvalue weighted by Gasteiger charge is -2.34. The van der Waals surface area contributed by atoms with Crippen LogP contribution in [0, 0.1) is 5.92 Å². The second kappa shape index (κ2) is 8.11. The van der Waals surface area contributed by atoms with Crippen molar-refractivity contribution in [3.8, 4) is 0 Å². The Morgan fingerprint density at radius 3 is 2.37 bits per heavy atom. The van der Waals surface area contributed by atoms with E-state index in [9.17, 15) is 4.79 Å². The molecule has 2 fully saturated rings. The smallest absolute Gasteiger partial charge is 0.222 e. The summed E-state index contributed by atoms with van der Waals surface area (Å²) in [7, 11) is 0. The van der Waals surface area contributed by atoms with E-state index in [-0.39, 0.29) is 0 Å². The number of amides is 1. The van der Waals surface area contributed by atoms with Gasteiger partial charge in [-0.1, -0.05) is 0 Å². The van der Waals surface area contributed by atoms with Gasteiger partial charge in [0.05, 0.1) is 0 Å². The van der Waals surface area contributed by atoms with Gasteiger partial charge in [-0.2, -0.15) is 0 Å². The van der Waals surface area contributed by atoms with Gasteiger partial charge in [0, 0.05) is 31.9 Å². The van der Waals surface area contributed by atoms with Crippen molar-refractivity contribution in [1.29, 1.82) is 0 Å². The molecule has 19 heavy (non-hydrogen) atoms. The minimum absolute atomic E-state index is 0.338. The van der Waals surface area contributed by atoms with E-state index < -0.39 is 0 Å². The van der Waals surface area contributed by atoms with Crippen LogP contribution in [-0.4, -0.2) is 54.3 Å². The lowest BCUT2D eigenvalue weighted by Crippen LogP contribution is -2.41. The molecule has 1 amide bonds. The molecule has 0 aromatic heterocycles. The summed E-state index contributed by atoms with van der Waals surface area (Å²) in [6.45, 7) is 5.78. The minimum atomic E-state index is 0.338. The summed E-state index contributed by atoms with van der Waals surface area (Å²) in [5.41, 5.74) is 0. The number of unbranched alkanes of at least 4 members (excludes halogenated alkanes) is 1. The molecule has 2 aliphatic rings. The van der Waals surface area contributed by atoms with E-state index in [4.69, 9.17) is 11.6 Å². The van der Waals surface area contributed by atoms with E-state index in [2.05, 4.69) is 9.80 Å². The predicted octanol–water partition coefficient (Wildman–Crippen LogP) is 2.73. The molecule has 0 bridgehead atoms. The molecule has 0 radical (unpaired) electrons. The highest BCUT2D eigenvalue weighted by Crippen LogP contribution is 2.21. The average Bonchev–Trinajstić information content (AvgIpc) is 2.93. The summed E-state index contributed by atoms with van der Waals surface area (Å²) in [6, 6.07) is 0. The Hall–Kier alpha value is -0.280. The summed E-state index contributed by atoms with van der Waals surface area (Å²) >= 11 is 5.64. The molecule has 0 spiro atoms. The molecule has 0 saturated carbocycles. The lowest BCUT2D eigenvalue weighted by molar-refractivity contribution is -0.132. The number of hydrogen-bond donors (Lipinski definition) is 0. The van der Waals surface area contributed by atoms with Crippen LogP contribution in [0.15, 0.2) is 0 Å². The van der Waals surface area contributed by atoms with Crippen LogP contribution in [-0.2, 0) is 4.79 Å². The number of carbonyl (C=O) groups is 1. The first-order chi connectivity index (χ1) is 9.29. The number of likely N-dealkylation sites (tertiary alicyclic amines) is 2. The highest BCUT2D eigenvalue weighted by molar-refractivity contribution is 6.17. The van der Waals surface area contributed by atoms with E-state index >= 15 is 0 Å². The summed E-state index contributed by atoms with van der Waals surface area (Å²) in [4.78, 5) is 16.7. The van der Waals surface area contributed by atoms with Gasteiger partial charge in [-0.3, -0.25) is 4.79 Å². The van der Waals surface area contributed by atoms with Gasteiger partial charge in [0.1, 0.15) is 0 Å². The largest absolute Gasteiger partial charge is 0.343 e. The number of hydrogen-bond acceptors (Lipinski definition) is 2. The minimum Gasteiger partial charge on any atom is -0.343 e. The second-order valence-electron chi connectivity index (χ2n) is 5.98. The Morgan fingerprint density at radius 2 is 1.74 bits per heavy atom. The fraction of sp³-hybridized carbons (Fsp3) is 0.933. The molecular formula is C15H27ClN2O. The quantitative estimate of drug-likeness (QED) is 0.554. The van der Waals surface area contributed by atoms with Crippen molar-refractivity contribution in [3.05, 3.63) is 0 Å². The summed E-state index contributed by atoms with van der Waals surface area (Å²) in [6.07, 6.45) is 7.71. The molecule has 2 rings (SSSR count). The molecular weight excluding hydrogens is 260 g/mol. The van der Waals surface area contributed by atoms with Gasteiger partial charge in [0.15, 0.2) is 0 Å². The van der Waals surface area contributed by atoms with Gasteiger partial charge < -0.3 is 9.80 Å². The van der Waals surface area contributed by atoms with Crippen molar-refractivity contribution in [1.82, 2.24) is 9.80 Å². The Morgan fingerprint density at radius 1 is 1.05 bits per heavy atom. The number of piperidine rings is 1. The molecule has 0 aromatic rings. The zero-order chi connectivity index (χ0) is 13.5. The topological polar surface area (TPSA) is 23.6 Å². The zero-order valence-electron chi connectivity index (χ0n) is 12.0. The second-order valence-corrected chi connectivity index (χ2v) is 6.36. The number of carbonyl (C=O) groups excluding carboxylic acids is 1. The first-order valence-corrected chi connectivity index (χ1v) is 8.39. The number of alkyl halides is 1. The molecule has 0 aliphatic carbocycles. The molecule has 0 unspecified atom stereocenters. The van der Waals surface area contributed by atoms with Gasteiger partial charge in [0.2, 0.25) is 5.91 Å². The third kappa shape index (κ3) is 4.96. The Bertz CT molecular complexity index is 271. The van der Waals surface area contributed by atoms with Crippen molar-refractivity contribution < 1.29 is 4.79 Å². The molecule has 0 N–H and O–H groups in total. The molecule has 3 nitrogen and oxygen atoms in total. The van der Waals surface area contributed by atoms with E-state index in [1.165, 1.54) is 45.3 Å². The maximum absolute atomic E-state index is 12.0. The monoisotopic (exact) mass is 286 g/mol. The molecule has 2 aliphatic heterocycles. The maximum Gasteiger partial charge on any atom is 0.222 e. The Kier molecular flexibility index (Phi) is 6.45. The van der Waals surface area contributed by atoms with Gasteiger partial charge in [0.25, 0.3) is 0 Å². The first kappa shape index (κ1) is 15.1. The van der Waals surface area contributed by atoms with Crippen molar-refractivity contribution in [2.75, 3.05) is 38.6 Å². The van der Waals surface area contributed by atoms with Crippen LogP contribution in [0.3, 0.4) is 0 Å². The van der Waals surface area contributed by atoms with Crippen molar-refractivity contribution >= 4 is 17.5 Å². The van der Waals surface area contributed by atoms with Gasteiger partial charge in [-0.25, -0.2) is 0 Å². The SMILES string of the molecule is O=C(CCCCCl)N1CCC(CN2CCCC2)CC1. The fourth-order valence-corrected chi connectivity index (χ4v) is 3.41. The van der Waals surface area contributed by atoms with Crippen LogP contribution in [0.5, 0.6) is 0 Å². The van der Waals surface area contributed by atoms with E-state index in [0.29, 0.717) is 18.2 Å². The highest BCUT2D eigenvalue weighted by Gasteiger charge is 2.24. The third-order valence-corrected chi connectivity index (χ3v) is 4.72. The lowest BCUT2D eigenvalue weighted by atomic mass is 9.96. The predicted molar refractivity (Wildman–Crippen MR) is 79.5 cm³/mol. The molecule has 2 heterocycles. The zero-order valence-corrected chi connectivity index (χ0v) is 12.7. The van der Waals surface area contributed by atoms with Crippen molar-refractivity contribution in [3.63, 3.8) is 0 Å². The number of halogens is 1. The third-order valence-electron chi connectivity index (χ3n) is 4.46. The molecule has 4 heteroatoms. The highest BCUT2D eigenvalue weighted by atomic mass is 35.5. The standard InChI is InChI=1S/C15H27ClN2O/c16-8-2-1-5-15(19)18-11-6-14(7-12-18)13-17-9-3-4-10-17/h14H,1-13H2. The molecule has 0 atom stereocenters. The number of nitrogens with zero attached hydrogens (tertiary/aromatic N) is 2. The summed E-state index contributed by atoms with van der Waals surface area (Å²) in [5, 5.41) is 0. The Labute approximate surface area is 122 Å². The van der Waals surface area contributed by atoms with Gasteiger partial charge in [-0.15, -0.1) is 11.6 Å². The van der Waals surface area contributed by atoms with Crippen LogP contribution < -0.4 is 0 Å². The van der Waals surface area contributed by atoms with Crippen LogP contribution in [0.25, 0.3) is 0 Å². The summed E-state index contributed by atoms with van der Waals surface area (Å²) in [5.74, 6) is 1.82. The number of rotatable bonds is 6.